The molecule has 10 heavy (non-hydrogen) atoms. The molecule has 0 unspecified atom stereocenters. The summed E-state index contributed by atoms with van der Waals surface area (Å²) < 4.78 is 0. The number of thioether (sulfide) groups is 1. The first kappa shape index (κ1) is 9.94. The van der Waals surface area contributed by atoms with E-state index >= 15 is 0 Å². The molecule has 0 aromatic carbocycles. The van der Waals surface area contributed by atoms with Crippen molar-refractivity contribution in [2.75, 3.05) is 18.8 Å². The predicted molar refractivity (Wildman–Crippen MR) is 44.8 cm³/mol. The van der Waals surface area contributed by atoms with Crippen molar-refractivity contribution in [3.05, 3.63) is 0 Å². The van der Waals surface area contributed by atoms with E-state index in [1.54, 1.807) is 0 Å². The third-order valence-electron chi connectivity index (χ3n) is 0.966. The van der Waals surface area contributed by atoms with E-state index < -0.39 is 0 Å². The summed E-state index contributed by atoms with van der Waals surface area (Å²) in [6, 6.07) is 0. The molecule has 60 valence electrons. The lowest BCUT2D eigenvalue weighted by molar-refractivity contribution is -0.111. The van der Waals surface area contributed by atoms with Crippen LogP contribution in [0, 0.1) is 0 Å². The van der Waals surface area contributed by atoms with Crippen LogP contribution in [0.25, 0.3) is 0 Å². The van der Waals surface area contributed by atoms with Gasteiger partial charge in [-0.2, -0.15) is 0 Å². The number of hydrogen-bond acceptors (Lipinski definition) is 4. The highest BCUT2D eigenvalue weighted by Gasteiger charge is 1.99. The number of carbonyl (C=O) groups excluding carboxylic acids is 1. The second kappa shape index (κ2) is 7.05. The second-order valence-electron chi connectivity index (χ2n) is 1.90. The molecular weight excluding hydrogens is 148 g/mol. The van der Waals surface area contributed by atoms with Crippen LogP contribution in [0.3, 0.4) is 0 Å². The van der Waals surface area contributed by atoms with Gasteiger partial charge in [-0.3, -0.25) is 4.79 Å². The molecule has 3 nitrogen and oxygen atoms in total. The van der Waals surface area contributed by atoms with Crippen molar-refractivity contribution < 1.29 is 4.79 Å². The van der Waals surface area contributed by atoms with Gasteiger partial charge in [0.05, 0.1) is 0 Å². The molecular formula is C6H14N2OS. The van der Waals surface area contributed by atoms with E-state index in [2.05, 4.69) is 0 Å². The van der Waals surface area contributed by atoms with Gasteiger partial charge in [-0.15, -0.1) is 0 Å². The normalized spacial score (nSPS) is 9.80. The Morgan fingerprint density at radius 3 is 2.50 bits per heavy atom. The molecule has 0 amide bonds. The van der Waals surface area contributed by atoms with Crippen LogP contribution >= 0.6 is 11.8 Å². The first-order chi connectivity index (χ1) is 4.81. The maximum atomic E-state index is 10.8. The van der Waals surface area contributed by atoms with Crippen LogP contribution < -0.4 is 11.5 Å². The zero-order valence-electron chi connectivity index (χ0n) is 6.01. The lowest BCUT2D eigenvalue weighted by Gasteiger charge is -1.95. The van der Waals surface area contributed by atoms with Crippen LogP contribution in [-0.4, -0.2) is 24.0 Å². The average molecular weight is 162 g/mol. The summed E-state index contributed by atoms with van der Waals surface area (Å²) in [7, 11) is 0. The first-order valence-corrected chi connectivity index (χ1v) is 4.35. The monoisotopic (exact) mass is 162 g/mol. The molecule has 0 saturated heterocycles. The van der Waals surface area contributed by atoms with E-state index in [9.17, 15) is 4.79 Å². The van der Waals surface area contributed by atoms with Crippen molar-refractivity contribution in [1.82, 2.24) is 0 Å². The van der Waals surface area contributed by atoms with E-state index in [1.165, 1.54) is 11.8 Å². The summed E-state index contributed by atoms with van der Waals surface area (Å²) in [5.41, 5.74) is 10.4. The summed E-state index contributed by atoms with van der Waals surface area (Å²) in [4.78, 5) is 10.8. The molecule has 0 rings (SSSR count). The number of rotatable bonds is 5. The van der Waals surface area contributed by atoms with E-state index in [0.29, 0.717) is 19.5 Å². The van der Waals surface area contributed by atoms with Gasteiger partial charge < -0.3 is 11.5 Å². The smallest absolute Gasteiger partial charge is 0.189 e. The fraction of sp³-hybridized carbons (Fsp3) is 0.833. The van der Waals surface area contributed by atoms with Crippen LogP contribution in [0.5, 0.6) is 0 Å². The average Bonchev–Trinajstić information content (AvgIpc) is 1.97. The van der Waals surface area contributed by atoms with Gasteiger partial charge in [-0.05, 0) is 13.0 Å². The molecule has 0 aliphatic heterocycles. The molecule has 0 spiro atoms. The second-order valence-corrected chi connectivity index (χ2v) is 3.05. The Kier molecular flexibility index (Phi) is 7.01. The minimum atomic E-state index is 0.205. The van der Waals surface area contributed by atoms with Gasteiger partial charge in [-0.25, -0.2) is 0 Å². The largest absolute Gasteiger partial charge is 0.330 e. The molecule has 0 aliphatic carbocycles. The molecule has 0 fully saturated rings. The summed E-state index contributed by atoms with van der Waals surface area (Å²) in [5, 5.41) is 0.205. The van der Waals surface area contributed by atoms with E-state index in [0.717, 1.165) is 12.2 Å². The van der Waals surface area contributed by atoms with Gasteiger partial charge in [0.25, 0.3) is 0 Å². The fourth-order valence-corrected chi connectivity index (χ4v) is 1.13. The summed E-state index contributed by atoms with van der Waals surface area (Å²) in [6.07, 6.45) is 1.37. The zero-order chi connectivity index (χ0) is 7.82. The Morgan fingerprint density at radius 1 is 1.30 bits per heavy atom. The summed E-state index contributed by atoms with van der Waals surface area (Å²) in [6.45, 7) is 1.16. The topological polar surface area (TPSA) is 69.1 Å². The quantitative estimate of drug-likeness (QED) is 0.594. The molecule has 0 heterocycles. The Hall–Kier alpha value is -0.0600. The molecule has 0 aliphatic rings. The van der Waals surface area contributed by atoms with Gasteiger partial charge in [0.2, 0.25) is 0 Å². The van der Waals surface area contributed by atoms with E-state index in [-0.39, 0.29) is 5.12 Å². The highest BCUT2D eigenvalue weighted by molar-refractivity contribution is 8.13. The Morgan fingerprint density at radius 2 is 2.00 bits per heavy atom. The number of nitrogens with two attached hydrogens (primary N) is 2. The lowest BCUT2D eigenvalue weighted by Crippen LogP contribution is -2.06. The Bertz CT molecular complexity index is 87.7. The van der Waals surface area contributed by atoms with E-state index in [1.807, 2.05) is 0 Å². The zero-order valence-corrected chi connectivity index (χ0v) is 6.82. The van der Waals surface area contributed by atoms with Crippen molar-refractivity contribution in [2.45, 2.75) is 12.8 Å². The standard InChI is InChI=1S/C6H14N2OS/c7-3-1-2-6(9)10-5-4-8/h1-5,7-8H2. The predicted octanol–water partition coefficient (Wildman–Crippen LogP) is -0.0562. The van der Waals surface area contributed by atoms with Gasteiger partial charge in [0.15, 0.2) is 5.12 Å². The molecule has 0 saturated carbocycles. The van der Waals surface area contributed by atoms with Gasteiger partial charge in [0.1, 0.15) is 0 Å². The van der Waals surface area contributed by atoms with Crippen LogP contribution in [0.15, 0.2) is 0 Å². The van der Waals surface area contributed by atoms with Crippen LogP contribution in [-0.2, 0) is 4.79 Å². The molecule has 0 atom stereocenters. The minimum absolute atomic E-state index is 0.205. The lowest BCUT2D eigenvalue weighted by atomic mass is 10.3. The maximum absolute atomic E-state index is 10.8. The van der Waals surface area contributed by atoms with Gasteiger partial charge >= 0.3 is 0 Å². The summed E-state index contributed by atoms with van der Waals surface area (Å²) in [5.74, 6) is 0.726. The van der Waals surface area contributed by atoms with Crippen molar-refractivity contribution in [3.8, 4) is 0 Å². The molecule has 0 aromatic heterocycles. The molecule has 4 N–H and O–H groups in total. The minimum Gasteiger partial charge on any atom is -0.330 e. The highest BCUT2D eigenvalue weighted by Crippen LogP contribution is 2.04. The molecule has 0 bridgehead atoms. The summed E-state index contributed by atoms with van der Waals surface area (Å²) >= 11 is 1.30. The SMILES string of the molecule is NCCCC(=O)SCCN. The third-order valence-corrected chi connectivity index (χ3v) is 1.93. The molecule has 0 radical (unpaired) electrons. The molecule has 0 aromatic rings. The van der Waals surface area contributed by atoms with Crippen molar-refractivity contribution in [2.24, 2.45) is 11.5 Å². The van der Waals surface area contributed by atoms with Gasteiger partial charge in [0, 0.05) is 18.7 Å². The Balaban J connectivity index is 3.09. The number of carbonyl (C=O) groups is 1. The van der Waals surface area contributed by atoms with Crippen molar-refractivity contribution in [3.63, 3.8) is 0 Å². The van der Waals surface area contributed by atoms with Crippen molar-refractivity contribution >= 4 is 16.9 Å². The van der Waals surface area contributed by atoms with Crippen LogP contribution in [0.1, 0.15) is 12.8 Å². The fourth-order valence-electron chi connectivity index (χ4n) is 0.491. The van der Waals surface area contributed by atoms with Crippen LogP contribution in [0.4, 0.5) is 0 Å². The Labute approximate surface area is 65.5 Å². The first-order valence-electron chi connectivity index (χ1n) is 3.37. The molecule has 4 heteroatoms. The van der Waals surface area contributed by atoms with Crippen molar-refractivity contribution in [1.29, 1.82) is 0 Å². The van der Waals surface area contributed by atoms with Crippen LogP contribution in [0.2, 0.25) is 0 Å². The maximum Gasteiger partial charge on any atom is 0.189 e. The van der Waals surface area contributed by atoms with E-state index in [4.69, 9.17) is 11.5 Å². The third kappa shape index (κ3) is 6.07. The number of hydrogen-bond donors (Lipinski definition) is 2. The van der Waals surface area contributed by atoms with Gasteiger partial charge in [-0.1, -0.05) is 11.8 Å². The highest BCUT2D eigenvalue weighted by atomic mass is 32.2.